The Bertz CT molecular complexity index is 505. The molecule has 3 nitrogen and oxygen atoms in total. The Morgan fingerprint density at radius 3 is 2.52 bits per heavy atom. The van der Waals surface area contributed by atoms with Crippen molar-refractivity contribution in [1.29, 1.82) is 0 Å². The lowest BCUT2D eigenvalue weighted by atomic mass is 9.73. The third-order valence-corrected chi connectivity index (χ3v) is 5.19. The molecule has 0 atom stereocenters. The minimum absolute atomic E-state index is 0.130. The highest BCUT2D eigenvalue weighted by atomic mass is 35.5. The van der Waals surface area contributed by atoms with Crippen molar-refractivity contribution in [2.24, 2.45) is 0 Å². The van der Waals surface area contributed by atoms with Crippen LogP contribution in [-0.2, 0) is 14.9 Å². The Balaban J connectivity index is 1.89. The highest BCUT2D eigenvalue weighted by Gasteiger charge is 2.43. The van der Waals surface area contributed by atoms with Gasteiger partial charge < -0.3 is 10.1 Å². The fourth-order valence-electron chi connectivity index (χ4n) is 3.58. The Hall–Kier alpha value is -1.06. The summed E-state index contributed by atoms with van der Waals surface area (Å²) in [5.74, 6) is 0.130. The minimum Gasteiger partial charge on any atom is -0.381 e. The van der Waals surface area contributed by atoms with Gasteiger partial charge in [0.05, 0.1) is 5.41 Å². The average molecular weight is 308 g/mol. The zero-order valence-electron chi connectivity index (χ0n) is 12.2. The van der Waals surface area contributed by atoms with Crippen LogP contribution >= 0.6 is 11.6 Å². The van der Waals surface area contributed by atoms with Crippen molar-refractivity contribution in [2.45, 2.75) is 50.0 Å². The summed E-state index contributed by atoms with van der Waals surface area (Å²) in [7, 11) is 0. The lowest BCUT2D eigenvalue weighted by Crippen LogP contribution is -2.50. The van der Waals surface area contributed by atoms with Crippen molar-refractivity contribution in [1.82, 2.24) is 5.32 Å². The summed E-state index contributed by atoms with van der Waals surface area (Å²) in [6.07, 6.45) is 6.03. The molecule has 0 aromatic heterocycles. The second-order valence-electron chi connectivity index (χ2n) is 6.13. The van der Waals surface area contributed by atoms with E-state index in [1.165, 1.54) is 12.8 Å². The molecule has 1 aromatic carbocycles. The second-order valence-corrected chi connectivity index (χ2v) is 6.54. The summed E-state index contributed by atoms with van der Waals surface area (Å²) in [6.45, 7) is 1.23. The first-order chi connectivity index (χ1) is 10.2. The van der Waals surface area contributed by atoms with Crippen LogP contribution in [0.15, 0.2) is 24.3 Å². The van der Waals surface area contributed by atoms with Crippen LogP contribution in [0.5, 0.6) is 0 Å². The van der Waals surface area contributed by atoms with E-state index in [4.69, 9.17) is 16.3 Å². The molecule has 1 aliphatic heterocycles. The summed E-state index contributed by atoms with van der Waals surface area (Å²) >= 11 is 6.39. The molecule has 1 saturated carbocycles. The maximum Gasteiger partial charge on any atom is 0.231 e. The number of ether oxygens (including phenoxy) is 1. The fraction of sp³-hybridized carbons (Fsp3) is 0.588. The molecule has 1 aromatic rings. The average Bonchev–Trinajstić information content (AvgIpc) is 3.01. The van der Waals surface area contributed by atoms with E-state index in [2.05, 4.69) is 5.32 Å². The number of benzene rings is 1. The Kier molecular flexibility index (Phi) is 4.51. The number of halogens is 1. The molecular formula is C17H22ClNO2. The number of rotatable bonds is 3. The zero-order valence-corrected chi connectivity index (χ0v) is 13.0. The van der Waals surface area contributed by atoms with Crippen LogP contribution in [0.1, 0.15) is 44.1 Å². The van der Waals surface area contributed by atoms with Gasteiger partial charge in [0.1, 0.15) is 0 Å². The first kappa shape index (κ1) is 14.9. The van der Waals surface area contributed by atoms with Crippen LogP contribution in [0.3, 0.4) is 0 Å². The van der Waals surface area contributed by atoms with Gasteiger partial charge in [0.25, 0.3) is 0 Å². The topological polar surface area (TPSA) is 38.3 Å². The predicted octanol–water partition coefficient (Wildman–Crippen LogP) is 3.45. The number of hydrogen-bond acceptors (Lipinski definition) is 2. The van der Waals surface area contributed by atoms with Gasteiger partial charge in [0.15, 0.2) is 0 Å². The number of nitrogens with one attached hydrogen (secondary N) is 1. The molecule has 0 radical (unpaired) electrons. The summed E-state index contributed by atoms with van der Waals surface area (Å²) in [6, 6.07) is 8.06. The number of amides is 1. The first-order valence-electron chi connectivity index (χ1n) is 7.86. The second kappa shape index (κ2) is 6.37. The smallest absolute Gasteiger partial charge is 0.231 e. The highest BCUT2D eigenvalue weighted by molar-refractivity contribution is 6.31. The standard InChI is InChI=1S/C17H22ClNO2/c18-15-8-4-3-7-14(15)17(9-11-21-12-10-17)16(20)19-13-5-1-2-6-13/h3-4,7-8,13H,1-2,5-6,9-12H2,(H,19,20). The third-order valence-electron chi connectivity index (χ3n) is 4.86. The first-order valence-corrected chi connectivity index (χ1v) is 8.24. The third kappa shape index (κ3) is 2.95. The molecule has 21 heavy (non-hydrogen) atoms. The molecule has 114 valence electrons. The van der Waals surface area contributed by atoms with Gasteiger partial charge in [-0.1, -0.05) is 42.6 Å². The van der Waals surface area contributed by atoms with Crippen LogP contribution < -0.4 is 5.32 Å². The van der Waals surface area contributed by atoms with E-state index >= 15 is 0 Å². The van der Waals surface area contributed by atoms with Gasteiger partial charge in [-0.2, -0.15) is 0 Å². The van der Waals surface area contributed by atoms with Crippen molar-refractivity contribution in [3.63, 3.8) is 0 Å². The van der Waals surface area contributed by atoms with Crippen LogP contribution in [0.2, 0.25) is 5.02 Å². The summed E-state index contributed by atoms with van der Waals surface area (Å²) in [5.41, 5.74) is 0.421. The molecule has 0 unspecified atom stereocenters. The van der Waals surface area contributed by atoms with E-state index in [0.717, 1.165) is 18.4 Å². The number of carbonyl (C=O) groups excluding carboxylic acids is 1. The Morgan fingerprint density at radius 1 is 1.19 bits per heavy atom. The molecule has 1 amide bonds. The monoisotopic (exact) mass is 307 g/mol. The molecule has 2 aliphatic rings. The Morgan fingerprint density at radius 2 is 1.86 bits per heavy atom. The van der Waals surface area contributed by atoms with E-state index < -0.39 is 5.41 Å². The van der Waals surface area contributed by atoms with E-state index in [9.17, 15) is 4.79 Å². The van der Waals surface area contributed by atoms with Crippen LogP contribution in [0.4, 0.5) is 0 Å². The van der Waals surface area contributed by atoms with Crippen molar-refractivity contribution in [3.05, 3.63) is 34.9 Å². The fourth-order valence-corrected chi connectivity index (χ4v) is 3.90. The zero-order chi connectivity index (χ0) is 14.7. The van der Waals surface area contributed by atoms with E-state index in [1.807, 2.05) is 24.3 Å². The van der Waals surface area contributed by atoms with Gasteiger partial charge >= 0.3 is 0 Å². The lowest BCUT2D eigenvalue weighted by molar-refractivity contribution is -0.131. The number of carbonyl (C=O) groups is 1. The summed E-state index contributed by atoms with van der Waals surface area (Å²) in [4.78, 5) is 13.0. The van der Waals surface area contributed by atoms with E-state index in [-0.39, 0.29) is 5.91 Å². The normalized spacial score (nSPS) is 22.1. The van der Waals surface area contributed by atoms with Crippen LogP contribution in [-0.4, -0.2) is 25.2 Å². The van der Waals surface area contributed by atoms with Gasteiger partial charge in [-0.05, 0) is 37.3 Å². The van der Waals surface area contributed by atoms with E-state index in [1.54, 1.807) is 0 Å². The van der Waals surface area contributed by atoms with Crippen molar-refractivity contribution in [3.8, 4) is 0 Å². The van der Waals surface area contributed by atoms with Gasteiger partial charge in [0, 0.05) is 24.3 Å². The van der Waals surface area contributed by atoms with Crippen molar-refractivity contribution >= 4 is 17.5 Å². The molecule has 2 fully saturated rings. The molecule has 0 bridgehead atoms. The van der Waals surface area contributed by atoms with Crippen molar-refractivity contribution in [2.75, 3.05) is 13.2 Å². The molecule has 4 heteroatoms. The van der Waals surface area contributed by atoms with Gasteiger partial charge in [-0.25, -0.2) is 0 Å². The molecular weight excluding hydrogens is 286 g/mol. The maximum absolute atomic E-state index is 13.0. The summed E-state index contributed by atoms with van der Waals surface area (Å²) < 4.78 is 5.48. The Labute approximate surface area is 131 Å². The maximum atomic E-state index is 13.0. The van der Waals surface area contributed by atoms with Crippen LogP contribution in [0, 0.1) is 0 Å². The van der Waals surface area contributed by atoms with E-state index in [0.29, 0.717) is 37.1 Å². The van der Waals surface area contributed by atoms with Gasteiger partial charge in [0.2, 0.25) is 5.91 Å². The SMILES string of the molecule is O=C(NC1CCCC1)C1(c2ccccc2Cl)CCOCC1. The predicted molar refractivity (Wildman–Crippen MR) is 83.6 cm³/mol. The van der Waals surface area contributed by atoms with Crippen molar-refractivity contribution < 1.29 is 9.53 Å². The molecule has 1 N–H and O–H groups in total. The number of hydrogen-bond donors (Lipinski definition) is 1. The quantitative estimate of drug-likeness (QED) is 0.929. The molecule has 0 spiro atoms. The van der Waals surface area contributed by atoms with Crippen LogP contribution in [0.25, 0.3) is 0 Å². The molecule has 3 rings (SSSR count). The largest absolute Gasteiger partial charge is 0.381 e. The van der Waals surface area contributed by atoms with Gasteiger partial charge in [-0.15, -0.1) is 0 Å². The summed E-state index contributed by atoms with van der Waals surface area (Å²) in [5, 5.41) is 3.94. The van der Waals surface area contributed by atoms with Gasteiger partial charge in [-0.3, -0.25) is 4.79 Å². The minimum atomic E-state index is -0.529. The highest BCUT2D eigenvalue weighted by Crippen LogP contribution is 2.39. The lowest BCUT2D eigenvalue weighted by Gasteiger charge is -2.37. The molecule has 1 saturated heterocycles. The molecule has 1 aliphatic carbocycles. The molecule has 1 heterocycles.